The van der Waals surface area contributed by atoms with Crippen LogP contribution in [-0.2, 0) is 11.3 Å². The van der Waals surface area contributed by atoms with Crippen LogP contribution in [0.3, 0.4) is 0 Å². The Morgan fingerprint density at radius 3 is 2.76 bits per heavy atom. The van der Waals surface area contributed by atoms with Gasteiger partial charge in [-0.1, -0.05) is 12.1 Å². The first kappa shape index (κ1) is 15.4. The molecule has 0 aliphatic heterocycles. The molecule has 0 amide bonds. The van der Waals surface area contributed by atoms with Gasteiger partial charge < -0.3 is 9.84 Å². The van der Waals surface area contributed by atoms with Crippen molar-refractivity contribution in [2.45, 2.75) is 25.4 Å². The standard InChI is InChI=1S/C14H18N2O5/c1-21-8-7-15(11-5-6-11)9-10-3-2-4-12(16(19)20)13(10)14(17)18/h2-4,11H,5-9H2,1H3,(H,17,18). The second-order valence-electron chi connectivity index (χ2n) is 5.07. The van der Waals surface area contributed by atoms with Gasteiger partial charge in [0.2, 0.25) is 0 Å². The highest BCUT2D eigenvalue weighted by Gasteiger charge is 2.31. The van der Waals surface area contributed by atoms with Crippen molar-refractivity contribution in [2.75, 3.05) is 20.3 Å². The number of nitro groups is 1. The Labute approximate surface area is 122 Å². The zero-order valence-corrected chi connectivity index (χ0v) is 11.8. The number of nitrogens with zero attached hydrogens (tertiary/aromatic N) is 2. The molecule has 0 heterocycles. The molecule has 1 fully saturated rings. The topological polar surface area (TPSA) is 92.9 Å². The van der Waals surface area contributed by atoms with Crippen molar-refractivity contribution < 1.29 is 19.6 Å². The van der Waals surface area contributed by atoms with Gasteiger partial charge in [-0.3, -0.25) is 15.0 Å². The smallest absolute Gasteiger partial charge is 0.343 e. The van der Waals surface area contributed by atoms with E-state index in [-0.39, 0.29) is 11.3 Å². The van der Waals surface area contributed by atoms with E-state index in [1.165, 1.54) is 12.1 Å². The van der Waals surface area contributed by atoms with Gasteiger partial charge in [-0.25, -0.2) is 4.79 Å². The summed E-state index contributed by atoms with van der Waals surface area (Å²) in [6.45, 7) is 1.62. The molecule has 1 aliphatic carbocycles. The molecule has 1 aliphatic rings. The maximum Gasteiger partial charge on any atom is 0.343 e. The highest BCUT2D eigenvalue weighted by molar-refractivity contribution is 5.94. The minimum atomic E-state index is -1.26. The Morgan fingerprint density at radius 2 is 2.24 bits per heavy atom. The molecule has 0 spiro atoms. The van der Waals surface area contributed by atoms with E-state index in [0.29, 0.717) is 31.3 Å². The number of carbonyl (C=O) groups is 1. The number of carboxylic acid groups (broad SMARTS) is 1. The predicted octanol–water partition coefficient (Wildman–Crippen LogP) is 1.90. The maximum absolute atomic E-state index is 11.4. The van der Waals surface area contributed by atoms with Crippen molar-refractivity contribution in [3.05, 3.63) is 39.4 Å². The summed E-state index contributed by atoms with van der Waals surface area (Å²) < 4.78 is 5.06. The lowest BCUT2D eigenvalue weighted by Crippen LogP contribution is -2.30. The van der Waals surface area contributed by atoms with Gasteiger partial charge >= 0.3 is 5.97 Å². The van der Waals surface area contributed by atoms with Gasteiger partial charge in [0.1, 0.15) is 5.56 Å². The lowest BCUT2D eigenvalue weighted by Gasteiger charge is -2.22. The maximum atomic E-state index is 11.4. The Balaban J connectivity index is 2.27. The monoisotopic (exact) mass is 294 g/mol. The Bertz CT molecular complexity index is 542. The first-order chi connectivity index (χ1) is 10.0. The second-order valence-corrected chi connectivity index (χ2v) is 5.07. The number of carboxylic acids is 1. The zero-order chi connectivity index (χ0) is 15.4. The van der Waals surface area contributed by atoms with Crippen LogP contribution < -0.4 is 0 Å². The van der Waals surface area contributed by atoms with Crippen molar-refractivity contribution in [1.82, 2.24) is 4.90 Å². The summed E-state index contributed by atoms with van der Waals surface area (Å²) in [6, 6.07) is 4.81. The third-order valence-electron chi connectivity index (χ3n) is 3.56. The third-order valence-corrected chi connectivity index (χ3v) is 3.56. The van der Waals surface area contributed by atoms with Gasteiger partial charge in [0, 0.05) is 32.3 Å². The molecule has 0 atom stereocenters. The van der Waals surface area contributed by atoms with Crippen LogP contribution in [0.25, 0.3) is 0 Å². The third kappa shape index (κ3) is 3.77. The van der Waals surface area contributed by atoms with E-state index in [9.17, 15) is 20.0 Å². The van der Waals surface area contributed by atoms with Gasteiger partial charge in [-0.15, -0.1) is 0 Å². The van der Waals surface area contributed by atoms with Crippen molar-refractivity contribution in [3.8, 4) is 0 Å². The van der Waals surface area contributed by atoms with E-state index in [0.717, 1.165) is 12.8 Å². The van der Waals surface area contributed by atoms with Crippen LogP contribution >= 0.6 is 0 Å². The number of methoxy groups -OCH3 is 1. The number of hydrogen-bond donors (Lipinski definition) is 1. The molecule has 21 heavy (non-hydrogen) atoms. The summed E-state index contributed by atoms with van der Waals surface area (Å²) in [5.41, 5.74) is -0.104. The van der Waals surface area contributed by atoms with Gasteiger partial charge in [0.15, 0.2) is 0 Å². The number of nitro benzene ring substituents is 1. The van der Waals surface area contributed by atoms with Crippen molar-refractivity contribution >= 4 is 11.7 Å². The molecule has 7 heteroatoms. The highest BCUT2D eigenvalue weighted by Crippen LogP contribution is 2.30. The fourth-order valence-electron chi connectivity index (χ4n) is 2.38. The number of ether oxygens (including phenoxy) is 1. The first-order valence-electron chi connectivity index (χ1n) is 6.77. The molecule has 1 saturated carbocycles. The molecule has 0 radical (unpaired) electrons. The molecule has 1 N–H and O–H groups in total. The van der Waals surface area contributed by atoms with E-state index >= 15 is 0 Å². The minimum Gasteiger partial charge on any atom is -0.477 e. The van der Waals surface area contributed by atoms with Crippen LogP contribution in [0.5, 0.6) is 0 Å². The minimum absolute atomic E-state index is 0.217. The molecule has 0 bridgehead atoms. The van der Waals surface area contributed by atoms with Crippen LogP contribution in [0.4, 0.5) is 5.69 Å². The zero-order valence-electron chi connectivity index (χ0n) is 11.8. The van der Waals surface area contributed by atoms with Gasteiger partial charge in [0.25, 0.3) is 5.69 Å². The van der Waals surface area contributed by atoms with Crippen LogP contribution in [0.2, 0.25) is 0 Å². The summed E-state index contributed by atoms with van der Waals surface area (Å²) in [5, 5.41) is 20.3. The molecule has 7 nitrogen and oxygen atoms in total. The van der Waals surface area contributed by atoms with E-state index in [4.69, 9.17) is 4.74 Å². The molecule has 2 rings (SSSR count). The normalized spacial score (nSPS) is 14.4. The van der Waals surface area contributed by atoms with Crippen molar-refractivity contribution in [2.24, 2.45) is 0 Å². The fourth-order valence-corrected chi connectivity index (χ4v) is 2.38. The fraction of sp³-hybridized carbons (Fsp3) is 0.500. The Morgan fingerprint density at radius 1 is 1.52 bits per heavy atom. The van der Waals surface area contributed by atoms with E-state index in [2.05, 4.69) is 4.90 Å². The van der Waals surface area contributed by atoms with Crippen molar-refractivity contribution in [3.63, 3.8) is 0 Å². The van der Waals surface area contributed by atoms with Crippen LogP contribution in [-0.4, -0.2) is 47.2 Å². The lowest BCUT2D eigenvalue weighted by atomic mass is 10.0. The molecule has 1 aromatic carbocycles. The van der Waals surface area contributed by atoms with Crippen LogP contribution in [0, 0.1) is 10.1 Å². The van der Waals surface area contributed by atoms with Gasteiger partial charge in [-0.05, 0) is 18.4 Å². The van der Waals surface area contributed by atoms with Crippen LogP contribution in [0.15, 0.2) is 18.2 Å². The molecule has 0 aromatic heterocycles. The first-order valence-corrected chi connectivity index (χ1v) is 6.77. The second kappa shape index (κ2) is 6.64. The summed E-state index contributed by atoms with van der Waals surface area (Å²) in [6.07, 6.45) is 2.14. The predicted molar refractivity (Wildman–Crippen MR) is 75.4 cm³/mol. The quantitative estimate of drug-likeness (QED) is 0.581. The highest BCUT2D eigenvalue weighted by atomic mass is 16.6. The summed E-state index contributed by atoms with van der Waals surface area (Å²) >= 11 is 0. The van der Waals surface area contributed by atoms with Gasteiger partial charge in [-0.2, -0.15) is 0 Å². The largest absolute Gasteiger partial charge is 0.477 e. The Hall–Kier alpha value is -1.99. The number of hydrogen-bond acceptors (Lipinski definition) is 5. The van der Waals surface area contributed by atoms with E-state index < -0.39 is 10.9 Å². The Kier molecular flexibility index (Phi) is 4.87. The SMILES string of the molecule is COCCN(Cc1cccc([N+](=O)[O-])c1C(=O)O)C1CC1. The van der Waals surface area contributed by atoms with E-state index in [1.54, 1.807) is 13.2 Å². The van der Waals surface area contributed by atoms with Gasteiger partial charge in [0.05, 0.1) is 11.5 Å². The molecular formula is C14H18N2O5. The average molecular weight is 294 g/mol. The number of benzene rings is 1. The molecule has 1 aromatic rings. The average Bonchev–Trinajstić information content (AvgIpc) is 3.27. The van der Waals surface area contributed by atoms with Crippen LogP contribution in [0.1, 0.15) is 28.8 Å². The lowest BCUT2D eigenvalue weighted by molar-refractivity contribution is -0.385. The summed E-state index contributed by atoms with van der Waals surface area (Å²) in [4.78, 5) is 23.8. The summed E-state index contributed by atoms with van der Waals surface area (Å²) in [5.74, 6) is -1.26. The molecule has 114 valence electrons. The molecule has 0 unspecified atom stereocenters. The summed E-state index contributed by atoms with van der Waals surface area (Å²) in [7, 11) is 1.61. The number of aromatic carboxylic acids is 1. The van der Waals surface area contributed by atoms with E-state index in [1.807, 2.05) is 0 Å². The number of rotatable bonds is 8. The van der Waals surface area contributed by atoms with Crippen molar-refractivity contribution in [1.29, 1.82) is 0 Å². The molecule has 0 saturated heterocycles. The molecular weight excluding hydrogens is 276 g/mol.